The van der Waals surface area contributed by atoms with Crippen molar-refractivity contribution in [1.29, 1.82) is 0 Å². The third kappa shape index (κ3) is 2.77. The van der Waals surface area contributed by atoms with Gasteiger partial charge in [0, 0.05) is 23.2 Å². The van der Waals surface area contributed by atoms with Crippen LogP contribution in [0.25, 0.3) is 0 Å². The van der Waals surface area contributed by atoms with Gasteiger partial charge in [0.05, 0.1) is 0 Å². The molecule has 0 heterocycles. The van der Waals surface area contributed by atoms with Crippen LogP contribution in [0, 0.1) is 5.92 Å². The van der Waals surface area contributed by atoms with Crippen molar-refractivity contribution >= 4 is 21.6 Å². The van der Waals surface area contributed by atoms with Crippen LogP contribution in [0.4, 0.5) is 5.69 Å². The average molecular weight is 283 g/mol. The molecule has 1 aliphatic carbocycles. The van der Waals surface area contributed by atoms with E-state index in [-0.39, 0.29) is 0 Å². The molecule has 0 atom stereocenters. The number of nitrogens with two attached hydrogens (primary N) is 1. The van der Waals surface area contributed by atoms with Crippen molar-refractivity contribution in [3.8, 4) is 0 Å². The molecule has 0 bridgehead atoms. The SMILES string of the molecule is CN(Cc1cccc(N)c1Br)CC1CCC1. The Hall–Kier alpha value is -0.540. The van der Waals surface area contributed by atoms with Gasteiger partial charge in [-0.05, 0) is 53.4 Å². The second-order valence-corrected chi connectivity index (χ2v) is 5.61. The first-order valence-corrected chi connectivity index (χ1v) is 6.67. The standard InChI is InChI=1S/C13H19BrN2/c1-16(8-10-4-2-5-10)9-11-6-3-7-12(15)13(11)14/h3,6-7,10H,2,4-5,8-9,15H2,1H3. The lowest BCUT2D eigenvalue weighted by molar-refractivity contribution is 0.200. The fourth-order valence-corrected chi connectivity index (χ4v) is 2.58. The first-order chi connectivity index (χ1) is 7.66. The van der Waals surface area contributed by atoms with Crippen LogP contribution in [-0.4, -0.2) is 18.5 Å². The Labute approximate surface area is 106 Å². The summed E-state index contributed by atoms with van der Waals surface area (Å²) in [5.74, 6) is 0.921. The van der Waals surface area contributed by atoms with Gasteiger partial charge in [-0.3, -0.25) is 0 Å². The Balaban J connectivity index is 1.94. The van der Waals surface area contributed by atoms with Gasteiger partial charge in [-0.1, -0.05) is 18.6 Å². The van der Waals surface area contributed by atoms with Crippen molar-refractivity contribution in [2.24, 2.45) is 5.92 Å². The van der Waals surface area contributed by atoms with Crippen molar-refractivity contribution in [3.05, 3.63) is 28.2 Å². The van der Waals surface area contributed by atoms with E-state index in [1.165, 1.54) is 31.4 Å². The molecular formula is C13H19BrN2. The Morgan fingerprint density at radius 1 is 1.44 bits per heavy atom. The van der Waals surface area contributed by atoms with Gasteiger partial charge in [0.25, 0.3) is 0 Å². The van der Waals surface area contributed by atoms with Gasteiger partial charge in [-0.15, -0.1) is 0 Å². The van der Waals surface area contributed by atoms with Gasteiger partial charge >= 0.3 is 0 Å². The van der Waals surface area contributed by atoms with E-state index in [2.05, 4.69) is 33.9 Å². The topological polar surface area (TPSA) is 29.3 Å². The van der Waals surface area contributed by atoms with E-state index < -0.39 is 0 Å². The Kier molecular flexibility index (Phi) is 3.87. The zero-order valence-electron chi connectivity index (χ0n) is 9.75. The molecule has 2 rings (SSSR count). The summed E-state index contributed by atoms with van der Waals surface area (Å²) in [5, 5.41) is 0. The third-order valence-electron chi connectivity index (χ3n) is 3.34. The van der Waals surface area contributed by atoms with E-state index in [0.717, 1.165) is 22.6 Å². The van der Waals surface area contributed by atoms with E-state index in [4.69, 9.17) is 5.73 Å². The molecule has 0 spiro atoms. The molecule has 0 aromatic heterocycles. The highest BCUT2D eigenvalue weighted by atomic mass is 79.9. The normalized spacial score (nSPS) is 16.4. The van der Waals surface area contributed by atoms with Crippen LogP contribution < -0.4 is 5.73 Å². The molecule has 0 saturated heterocycles. The average Bonchev–Trinajstić information content (AvgIpc) is 2.19. The number of halogens is 1. The van der Waals surface area contributed by atoms with E-state index >= 15 is 0 Å². The molecule has 3 heteroatoms. The van der Waals surface area contributed by atoms with Gasteiger partial charge in [0.2, 0.25) is 0 Å². The van der Waals surface area contributed by atoms with Crippen molar-refractivity contribution in [2.45, 2.75) is 25.8 Å². The Bertz CT molecular complexity index is 361. The fourth-order valence-electron chi connectivity index (χ4n) is 2.19. The molecule has 88 valence electrons. The molecule has 1 aliphatic rings. The maximum Gasteiger partial charge on any atom is 0.0461 e. The first kappa shape index (κ1) is 11.9. The summed E-state index contributed by atoms with van der Waals surface area (Å²) in [6.07, 6.45) is 4.23. The minimum absolute atomic E-state index is 0.828. The Morgan fingerprint density at radius 3 is 2.81 bits per heavy atom. The van der Waals surface area contributed by atoms with Crippen LogP contribution in [0.15, 0.2) is 22.7 Å². The highest BCUT2D eigenvalue weighted by Gasteiger charge is 2.19. The van der Waals surface area contributed by atoms with Crippen molar-refractivity contribution in [1.82, 2.24) is 4.90 Å². The molecule has 1 fully saturated rings. The zero-order valence-corrected chi connectivity index (χ0v) is 11.3. The number of hydrogen-bond acceptors (Lipinski definition) is 2. The molecule has 16 heavy (non-hydrogen) atoms. The zero-order chi connectivity index (χ0) is 11.5. The quantitative estimate of drug-likeness (QED) is 0.859. The number of benzene rings is 1. The molecule has 2 nitrogen and oxygen atoms in total. The van der Waals surface area contributed by atoms with Crippen LogP contribution in [0.2, 0.25) is 0 Å². The predicted octanol–water partition coefficient (Wildman–Crippen LogP) is 3.26. The monoisotopic (exact) mass is 282 g/mol. The highest BCUT2D eigenvalue weighted by molar-refractivity contribution is 9.10. The molecule has 0 amide bonds. The summed E-state index contributed by atoms with van der Waals surface area (Å²) >= 11 is 3.55. The van der Waals surface area contributed by atoms with Gasteiger partial charge in [-0.2, -0.15) is 0 Å². The van der Waals surface area contributed by atoms with Gasteiger partial charge in [0.1, 0.15) is 0 Å². The maximum absolute atomic E-state index is 5.87. The summed E-state index contributed by atoms with van der Waals surface area (Å²) < 4.78 is 1.05. The summed E-state index contributed by atoms with van der Waals surface area (Å²) in [4.78, 5) is 2.39. The predicted molar refractivity (Wildman–Crippen MR) is 72.2 cm³/mol. The molecular weight excluding hydrogens is 264 g/mol. The first-order valence-electron chi connectivity index (χ1n) is 5.88. The summed E-state index contributed by atoms with van der Waals surface area (Å²) in [6.45, 7) is 2.18. The summed E-state index contributed by atoms with van der Waals surface area (Å²) in [6, 6.07) is 6.09. The Morgan fingerprint density at radius 2 is 2.19 bits per heavy atom. The lowest BCUT2D eigenvalue weighted by atomic mass is 9.85. The van der Waals surface area contributed by atoms with Crippen LogP contribution in [-0.2, 0) is 6.54 Å². The van der Waals surface area contributed by atoms with Gasteiger partial charge in [0.15, 0.2) is 0 Å². The number of rotatable bonds is 4. The highest BCUT2D eigenvalue weighted by Crippen LogP contribution is 2.28. The third-order valence-corrected chi connectivity index (χ3v) is 4.31. The molecule has 0 radical (unpaired) electrons. The van der Waals surface area contributed by atoms with Crippen molar-refractivity contribution < 1.29 is 0 Å². The van der Waals surface area contributed by atoms with Gasteiger partial charge < -0.3 is 10.6 Å². The van der Waals surface area contributed by atoms with E-state index in [9.17, 15) is 0 Å². The van der Waals surface area contributed by atoms with E-state index in [1.54, 1.807) is 0 Å². The van der Waals surface area contributed by atoms with E-state index in [0.29, 0.717) is 0 Å². The summed E-state index contributed by atoms with van der Waals surface area (Å²) in [7, 11) is 2.19. The number of nitrogens with zero attached hydrogens (tertiary/aromatic N) is 1. The second kappa shape index (κ2) is 5.19. The molecule has 0 unspecified atom stereocenters. The van der Waals surface area contributed by atoms with Crippen LogP contribution in [0.5, 0.6) is 0 Å². The number of anilines is 1. The summed E-state index contributed by atoms with van der Waals surface area (Å²) in [5.41, 5.74) is 7.98. The van der Waals surface area contributed by atoms with Gasteiger partial charge in [-0.25, -0.2) is 0 Å². The van der Waals surface area contributed by atoms with E-state index in [1.807, 2.05) is 12.1 Å². The smallest absolute Gasteiger partial charge is 0.0461 e. The molecule has 1 saturated carbocycles. The van der Waals surface area contributed by atoms with Crippen molar-refractivity contribution in [3.63, 3.8) is 0 Å². The minimum Gasteiger partial charge on any atom is -0.398 e. The lowest BCUT2D eigenvalue weighted by Gasteiger charge is -2.30. The molecule has 2 N–H and O–H groups in total. The minimum atomic E-state index is 0.828. The molecule has 1 aromatic carbocycles. The van der Waals surface area contributed by atoms with Crippen LogP contribution in [0.1, 0.15) is 24.8 Å². The van der Waals surface area contributed by atoms with Crippen molar-refractivity contribution in [2.75, 3.05) is 19.3 Å². The maximum atomic E-state index is 5.87. The number of nitrogen functional groups attached to an aromatic ring is 1. The van der Waals surface area contributed by atoms with Crippen LogP contribution >= 0.6 is 15.9 Å². The molecule has 0 aliphatic heterocycles. The fraction of sp³-hybridized carbons (Fsp3) is 0.538. The number of hydrogen-bond donors (Lipinski definition) is 1. The lowest BCUT2D eigenvalue weighted by Crippen LogP contribution is -2.29. The molecule has 1 aromatic rings. The van der Waals surface area contributed by atoms with Crippen LogP contribution in [0.3, 0.4) is 0 Å². The second-order valence-electron chi connectivity index (χ2n) is 4.81. The largest absolute Gasteiger partial charge is 0.398 e.